The first kappa shape index (κ1) is 13.0. The summed E-state index contributed by atoms with van der Waals surface area (Å²) in [4.78, 5) is 32.2. The molecule has 3 N–H and O–H groups in total. The van der Waals surface area contributed by atoms with Gasteiger partial charge in [0.1, 0.15) is 0 Å². The molecule has 1 saturated heterocycles. The second kappa shape index (κ2) is 5.16. The third-order valence-corrected chi connectivity index (χ3v) is 4.05. The van der Waals surface area contributed by atoms with E-state index in [-0.39, 0.29) is 17.6 Å². The van der Waals surface area contributed by atoms with Gasteiger partial charge >= 0.3 is 0 Å². The zero-order chi connectivity index (χ0) is 14.1. The van der Waals surface area contributed by atoms with E-state index in [0.717, 1.165) is 17.5 Å². The number of amides is 2. The lowest BCUT2D eigenvalue weighted by molar-refractivity contribution is -0.140. The van der Waals surface area contributed by atoms with Gasteiger partial charge in [-0.2, -0.15) is 0 Å². The van der Waals surface area contributed by atoms with Crippen LogP contribution < -0.4 is 5.73 Å². The lowest BCUT2D eigenvalue weighted by Gasteiger charge is -2.12. The number of nitrogens with zero attached hydrogens (tertiary/aromatic N) is 2. The Balaban J connectivity index is 1.67. The van der Waals surface area contributed by atoms with Gasteiger partial charge in [-0.05, 0) is 24.6 Å². The Labute approximate surface area is 119 Å². The molecule has 0 atom stereocenters. The smallest absolute Gasteiger partial charge is 0.239 e. The van der Waals surface area contributed by atoms with Crippen molar-refractivity contribution in [1.29, 1.82) is 0 Å². The number of hydrogen-bond donors (Lipinski definition) is 2. The standard InChI is InChI=1S/C13H14N4O2S/c14-8-3-4-9-10(6-8)16-13(15-9)20-7-12(19)17-5-1-2-11(17)18/h3-4,6H,1-2,5,7,14H2,(H,15,16). The highest BCUT2D eigenvalue weighted by atomic mass is 32.2. The number of H-pyrrole nitrogens is 1. The second-order valence-corrected chi connectivity index (χ2v) is 5.61. The van der Waals surface area contributed by atoms with Crippen LogP contribution in [0.2, 0.25) is 0 Å². The van der Waals surface area contributed by atoms with E-state index in [0.29, 0.717) is 23.8 Å². The number of anilines is 1. The summed E-state index contributed by atoms with van der Waals surface area (Å²) in [6.07, 6.45) is 1.24. The van der Waals surface area contributed by atoms with Crippen molar-refractivity contribution in [3.8, 4) is 0 Å². The van der Waals surface area contributed by atoms with Gasteiger partial charge < -0.3 is 10.7 Å². The van der Waals surface area contributed by atoms with E-state index in [1.165, 1.54) is 16.7 Å². The Morgan fingerprint density at radius 3 is 3.10 bits per heavy atom. The number of nitrogens with two attached hydrogens (primary N) is 1. The van der Waals surface area contributed by atoms with Gasteiger partial charge in [-0.25, -0.2) is 4.98 Å². The van der Waals surface area contributed by atoms with E-state index in [9.17, 15) is 9.59 Å². The van der Waals surface area contributed by atoms with E-state index in [1.54, 1.807) is 12.1 Å². The Hall–Kier alpha value is -2.02. The number of carbonyl (C=O) groups excluding carboxylic acids is 2. The van der Waals surface area contributed by atoms with Crippen LogP contribution in [-0.4, -0.2) is 39.0 Å². The molecule has 0 saturated carbocycles. The zero-order valence-corrected chi connectivity index (χ0v) is 11.6. The maximum atomic E-state index is 11.9. The molecule has 1 aromatic carbocycles. The van der Waals surface area contributed by atoms with Crippen LogP contribution in [0, 0.1) is 0 Å². The first-order valence-electron chi connectivity index (χ1n) is 6.35. The van der Waals surface area contributed by atoms with Crippen LogP contribution >= 0.6 is 11.8 Å². The van der Waals surface area contributed by atoms with E-state index >= 15 is 0 Å². The number of aromatic nitrogens is 2. The minimum atomic E-state index is -0.155. The maximum absolute atomic E-state index is 11.9. The van der Waals surface area contributed by atoms with Crippen LogP contribution in [0.1, 0.15) is 12.8 Å². The number of aromatic amines is 1. The molecule has 1 aliphatic rings. The van der Waals surface area contributed by atoms with Gasteiger partial charge in [-0.15, -0.1) is 0 Å². The lowest BCUT2D eigenvalue weighted by atomic mass is 10.3. The van der Waals surface area contributed by atoms with Crippen molar-refractivity contribution in [1.82, 2.24) is 14.9 Å². The van der Waals surface area contributed by atoms with Gasteiger partial charge in [0.2, 0.25) is 11.8 Å². The molecule has 2 aromatic rings. The fourth-order valence-corrected chi connectivity index (χ4v) is 2.95. The fourth-order valence-electron chi connectivity index (χ4n) is 2.19. The van der Waals surface area contributed by atoms with Crippen LogP contribution in [0.25, 0.3) is 11.0 Å². The first-order valence-corrected chi connectivity index (χ1v) is 7.33. The summed E-state index contributed by atoms with van der Waals surface area (Å²) in [5.41, 5.74) is 8.02. The molecule has 1 fully saturated rings. The molecule has 104 valence electrons. The number of likely N-dealkylation sites (tertiary alicyclic amines) is 1. The predicted molar refractivity (Wildman–Crippen MR) is 77.2 cm³/mol. The summed E-state index contributed by atoms with van der Waals surface area (Å²) >= 11 is 1.30. The van der Waals surface area contributed by atoms with Crippen molar-refractivity contribution < 1.29 is 9.59 Å². The highest BCUT2D eigenvalue weighted by molar-refractivity contribution is 7.99. The Morgan fingerprint density at radius 2 is 2.35 bits per heavy atom. The van der Waals surface area contributed by atoms with Crippen LogP contribution in [0.5, 0.6) is 0 Å². The largest absolute Gasteiger partial charge is 0.399 e. The summed E-state index contributed by atoms with van der Waals surface area (Å²) in [7, 11) is 0. The molecule has 0 radical (unpaired) electrons. The maximum Gasteiger partial charge on any atom is 0.239 e. The topological polar surface area (TPSA) is 92.1 Å². The van der Waals surface area contributed by atoms with Gasteiger partial charge in [0, 0.05) is 18.7 Å². The van der Waals surface area contributed by atoms with Crippen molar-refractivity contribution in [3.05, 3.63) is 18.2 Å². The number of imide groups is 1. The minimum absolute atomic E-state index is 0.0759. The number of fused-ring (bicyclic) bond motifs is 1. The average molecular weight is 290 g/mol. The molecule has 0 unspecified atom stereocenters. The summed E-state index contributed by atoms with van der Waals surface area (Å²) in [6, 6.07) is 5.42. The molecular weight excluding hydrogens is 276 g/mol. The lowest BCUT2D eigenvalue weighted by Crippen LogP contribution is -2.33. The van der Waals surface area contributed by atoms with Crippen molar-refractivity contribution >= 4 is 40.3 Å². The monoisotopic (exact) mass is 290 g/mol. The highest BCUT2D eigenvalue weighted by Crippen LogP contribution is 2.22. The molecular formula is C13H14N4O2S. The third kappa shape index (κ3) is 2.49. The van der Waals surface area contributed by atoms with Gasteiger partial charge in [0.05, 0.1) is 16.8 Å². The van der Waals surface area contributed by atoms with Crippen molar-refractivity contribution in [2.24, 2.45) is 0 Å². The van der Waals surface area contributed by atoms with Gasteiger partial charge in [-0.1, -0.05) is 11.8 Å². The molecule has 20 heavy (non-hydrogen) atoms. The number of carbonyl (C=O) groups is 2. The summed E-state index contributed by atoms with van der Waals surface area (Å²) in [5, 5.41) is 0.658. The molecule has 7 heteroatoms. The van der Waals surface area contributed by atoms with E-state index in [1.807, 2.05) is 6.07 Å². The second-order valence-electron chi connectivity index (χ2n) is 4.65. The number of imidazole rings is 1. The summed E-state index contributed by atoms with van der Waals surface area (Å²) in [6.45, 7) is 0.537. The van der Waals surface area contributed by atoms with E-state index < -0.39 is 0 Å². The average Bonchev–Trinajstić information content (AvgIpc) is 3.01. The van der Waals surface area contributed by atoms with Crippen LogP contribution in [0.3, 0.4) is 0 Å². The van der Waals surface area contributed by atoms with Crippen LogP contribution in [0.15, 0.2) is 23.4 Å². The number of hydrogen-bond acceptors (Lipinski definition) is 5. The third-order valence-electron chi connectivity index (χ3n) is 3.19. The molecule has 0 bridgehead atoms. The zero-order valence-electron chi connectivity index (χ0n) is 10.8. The number of thioether (sulfide) groups is 1. The minimum Gasteiger partial charge on any atom is -0.399 e. The molecule has 1 aromatic heterocycles. The Morgan fingerprint density at radius 1 is 1.50 bits per heavy atom. The van der Waals surface area contributed by atoms with Gasteiger partial charge in [0.15, 0.2) is 5.16 Å². The van der Waals surface area contributed by atoms with E-state index in [4.69, 9.17) is 5.73 Å². The van der Waals surface area contributed by atoms with Crippen LogP contribution in [0.4, 0.5) is 5.69 Å². The Kier molecular flexibility index (Phi) is 3.35. The molecule has 0 spiro atoms. The van der Waals surface area contributed by atoms with Gasteiger partial charge in [0.25, 0.3) is 0 Å². The fraction of sp³-hybridized carbons (Fsp3) is 0.308. The van der Waals surface area contributed by atoms with Crippen molar-refractivity contribution in [2.45, 2.75) is 18.0 Å². The Bertz CT molecular complexity index is 682. The predicted octanol–water partition coefficient (Wildman–Crippen LogP) is 1.39. The SMILES string of the molecule is Nc1ccc2nc(SCC(=O)N3CCCC3=O)[nH]c2c1. The van der Waals surface area contributed by atoms with Crippen molar-refractivity contribution in [3.63, 3.8) is 0 Å². The summed E-state index contributed by atoms with van der Waals surface area (Å²) in [5.74, 6) is -0.0217. The number of benzene rings is 1. The highest BCUT2D eigenvalue weighted by Gasteiger charge is 2.26. The molecule has 0 aliphatic carbocycles. The molecule has 2 amide bonds. The van der Waals surface area contributed by atoms with E-state index in [2.05, 4.69) is 9.97 Å². The number of rotatable bonds is 3. The normalized spacial score (nSPS) is 15.2. The molecule has 3 rings (SSSR count). The number of nitrogens with one attached hydrogen (secondary N) is 1. The van der Waals surface area contributed by atoms with Gasteiger partial charge in [-0.3, -0.25) is 14.5 Å². The summed E-state index contributed by atoms with van der Waals surface area (Å²) < 4.78 is 0. The molecule has 1 aliphatic heterocycles. The number of nitrogen functional groups attached to an aromatic ring is 1. The molecule has 6 nitrogen and oxygen atoms in total. The first-order chi connectivity index (χ1) is 9.63. The van der Waals surface area contributed by atoms with Crippen molar-refractivity contribution in [2.75, 3.05) is 18.0 Å². The quantitative estimate of drug-likeness (QED) is 0.658. The van der Waals surface area contributed by atoms with Crippen LogP contribution in [-0.2, 0) is 9.59 Å². The molecule has 2 heterocycles.